The Hall–Kier alpha value is -0.780. The minimum Gasteiger partial charge on any atom is -0.0651 e. The van der Waals surface area contributed by atoms with Gasteiger partial charge in [0, 0.05) is 0 Å². The van der Waals surface area contributed by atoms with Crippen LogP contribution in [0.1, 0.15) is 50.2 Å². The molecule has 1 saturated carbocycles. The van der Waals surface area contributed by atoms with Crippen LogP contribution in [0.5, 0.6) is 0 Å². The summed E-state index contributed by atoms with van der Waals surface area (Å²) in [5, 5.41) is 0. The molecule has 0 saturated heterocycles. The first kappa shape index (κ1) is 10.7. The Morgan fingerprint density at radius 1 is 1.27 bits per heavy atom. The number of benzene rings is 1. The summed E-state index contributed by atoms with van der Waals surface area (Å²) in [4.78, 5) is 0. The van der Waals surface area contributed by atoms with E-state index < -0.39 is 0 Å². The van der Waals surface area contributed by atoms with Gasteiger partial charge in [-0.05, 0) is 43.1 Å². The Balaban J connectivity index is 1.90. The molecule has 1 aromatic rings. The lowest BCUT2D eigenvalue weighted by atomic mass is 9.99. The Morgan fingerprint density at radius 3 is 2.53 bits per heavy atom. The summed E-state index contributed by atoms with van der Waals surface area (Å²) >= 11 is 0. The molecule has 0 radical (unpaired) electrons. The Labute approximate surface area is 93.7 Å². The highest BCUT2D eigenvalue weighted by molar-refractivity contribution is 5.28. The summed E-state index contributed by atoms with van der Waals surface area (Å²) in [7, 11) is 0. The minimum absolute atomic E-state index is 0.875. The van der Waals surface area contributed by atoms with Gasteiger partial charge in [0.05, 0.1) is 0 Å². The zero-order valence-corrected chi connectivity index (χ0v) is 10.2. The van der Waals surface area contributed by atoms with E-state index in [1.54, 1.807) is 5.56 Å². The molecule has 0 spiro atoms. The summed E-state index contributed by atoms with van der Waals surface area (Å²) in [6, 6.07) is 9.12. The van der Waals surface area contributed by atoms with E-state index in [2.05, 4.69) is 45.0 Å². The van der Waals surface area contributed by atoms with Crippen molar-refractivity contribution in [3.8, 4) is 0 Å². The van der Waals surface area contributed by atoms with Crippen molar-refractivity contribution < 1.29 is 0 Å². The first-order valence-corrected chi connectivity index (χ1v) is 6.27. The molecule has 0 bridgehead atoms. The highest BCUT2D eigenvalue weighted by atomic mass is 14.4. The van der Waals surface area contributed by atoms with Crippen molar-refractivity contribution in [2.75, 3.05) is 0 Å². The van der Waals surface area contributed by atoms with Crippen molar-refractivity contribution in [1.82, 2.24) is 0 Å². The predicted octanol–water partition coefficient (Wildman–Crippen LogP) is 4.53. The van der Waals surface area contributed by atoms with Gasteiger partial charge in [-0.3, -0.25) is 0 Å². The largest absolute Gasteiger partial charge is 0.0651 e. The zero-order chi connectivity index (χ0) is 10.8. The van der Waals surface area contributed by atoms with E-state index in [0.29, 0.717) is 0 Å². The first-order chi connectivity index (χ1) is 7.20. The van der Waals surface area contributed by atoms with Crippen LogP contribution in [-0.2, 0) is 0 Å². The fourth-order valence-electron chi connectivity index (χ4n) is 2.41. The fraction of sp³-hybridized carbons (Fsp3) is 0.600. The smallest absolute Gasteiger partial charge is 0.0130 e. The molecule has 0 heterocycles. The normalized spacial score (nSPS) is 26.3. The lowest BCUT2D eigenvalue weighted by molar-refractivity contribution is 0.476. The van der Waals surface area contributed by atoms with Crippen LogP contribution >= 0.6 is 0 Å². The summed E-state index contributed by atoms with van der Waals surface area (Å²) in [6.45, 7) is 6.84. The van der Waals surface area contributed by atoms with Crippen LogP contribution in [-0.4, -0.2) is 0 Å². The molecule has 0 aliphatic heterocycles. The van der Waals surface area contributed by atoms with Gasteiger partial charge >= 0.3 is 0 Å². The second-order valence-corrected chi connectivity index (χ2v) is 5.26. The van der Waals surface area contributed by atoms with Crippen LogP contribution in [0.15, 0.2) is 24.3 Å². The van der Waals surface area contributed by atoms with Crippen LogP contribution in [0.3, 0.4) is 0 Å². The van der Waals surface area contributed by atoms with Gasteiger partial charge < -0.3 is 0 Å². The van der Waals surface area contributed by atoms with Crippen LogP contribution in [0, 0.1) is 18.8 Å². The number of aryl methyl sites for hydroxylation is 1. The monoisotopic (exact) mass is 202 g/mol. The SMILES string of the molecule is CCC(C)CC1CC1c1ccc(C)cc1. The van der Waals surface area contributed by atoms with Crippen LogP contribution in [0.2, 0.25) is 0 Å². The van der Waals surface area contributed by atoms with Crippen molar-refractivity contribution in [2.45, 2.75) is 46.0 Å². The number of hydrogen-bond acceptors (Lipinski definition) is 0. The van der Waals surface area contributed by atoms with Gasteiger partial charge in [-0.15, -0.1) is 0 Å². The quantitative estimate of drug-likeness (QED) is 0.672. The molecule has 0 aromatic heterocycles. The molecular formula is C15H22. The Kier molecular flexibility index (Phi) is 3.14. The average molecular weight is 202 g/mol. The highest BCUT2D eigenvalue weighted by Gasteiger charge is 2.38. The third-order valence-electron chi connectivity index (χ3n) is 3.83. The molecule has 82 valence electrons. The van der Waals surface area contributed by atoms with E-state index in [9.17, 15) is 0 Å². The number of hydrogen-bond donors (Lipinski definition) is 0. The van der Waals surface area contributed by atoms with E-state index in [4.69, 9.17) is 0 Å². The Bertz CT molecular complexity index is 309. The molecule has 0 nitrogen and oxygen atoms in total. The van der Waals surface area contributed by atoms with Gasteiger partial charge in [-0.25, -0.2) is 0 Å². The van der Waals surface area contributed by atoms with Gasteiger partial charge in [-0.1, -0.05) is 50.1 Å². The lowest BCUT2D eigenvalue weighted by Crippen LogP contribution is -1.94. The van der Waals surface area contributed by atoms with Gasteiger partial charge in [0.2, 0.25) is 0 Å². The van der Waals surface area contributed by atoms with Crippen LogP contribution < -0.4 is 0 Å². The maximum Gasteiger partial charge on any atom is -0.0130 e. The summed E-state index contributed by atoms with van der Waals surface area (Å²) in [5.41, 5.74) is 2.94. The fourth-order valence-corrected chi connectivity index (χ4v) is 2.41. The van der Waals surface area contributed by atoms with E-state index >= 15 is 0 Å². The first-order valence-electron chi connectivity index (χ1n) is 6.27. The number of rotatable bonds is 4. The molecule has 1 fully saturated rings. The second kappa shape index (κ2) is 4.38. The van der Waals surface area contributed by atoms with E-state index in [0.717, 1.165) is 17.8 Å². The molecule has 15 heavy (non-hydrogen) atoms. The van der Waals surface area contributed by atoms with Crippen molar-refractivity contribution in [1.29, 1.82) is 0 Å². The predicted molar refractivity (Wildman–Crippen MR) is 66.1 cm³/mol. The molecule has 1 aliphatic carbocycles. The van der Waals surface area contributed by atoms with E-state index in [1.807, 2.05) is 0 Å². The molecular weight excluding hydrogens is 180 g/mol. The molecule has 0 heteroatoms. The molecule has 0 N–H and O–H groups in total. The van der Waals surface area contributed by atoms with Gasteiger partial charge in [0.1, 0.15) is 0 Å². The second-order valence-electron chi connectivity index (χ2n) is 5.26. The topological polar surface area (TPSA) is 0 Å². The third-order valence-corrected chi connectivity index (χ3v) is 3.83. The van der Waals surface area contributed by atoms with Gasteiger partial charge in [0.25, 0.3) is 0 Å². The molecule has 2 rings (SSSR count). The molecule has 3 unspecified atom stereocenters. The summed E-state index contributed by atoms with van der Waals surface area (Å²) in [5.74, 6) is 2.76. The van der Waals surface area contributed by atoms with Crippen LogP contribution in [0.25, 0.3) is 0 Å². The lowest BCUT2D eigenvalue weighted by Gasteiger charge is -2.07. The van der Waals surface area contributed by atoms with Gasteiger partial charge in [0.15, 0.2) is 0 Å². The Morgan fingerprint density at radius 2 is 1.93 bits per heavy atom. The highest BCUT2D eigenvalue weighted by Crippen LogP contribution is 2.51. The molecule has 3 atom stereocenters. The third kappa shape index (κ3) is 2.62. The summed E-state index contributed by atoms with van der Waals surface area (Å²) < 4.78 is 0. The average Bonchev–Trinajstić information content (AvgIpc) is 2.98. The van der Waals surface area contributed by atoms with Crippen molar-refractivity contribution >= 4 is 0 Å². The molecule has 0 amide bonds. The minimum atomic E-state index is 0.875. The van der Waals surface area contributed by atoms with Gasteiger partial charge in [-0.2, -0.15) is 0 Å². The maximum atomic E-state index is 2.38. The molecule has 1 aliphatic rings. The molecule has 1 aromatic carbocycles. The maximum absolute atomic E-state index is 2.38. The van der Waals surface area contributed by atoms with E-state index in [1.165, 1.54) is 24.8 Å². The van der Waals surface area contributed by atoms with Crippen molar-refractivity contribution in [3.63, 3.8) is 0 Å². The standard InChI is InChI=1S/C15H22/c1-4-11(2)9-14-10-15(14)13-7-5-12(3)6-8-13/h5-8,11,14-15H,4,9-10H2,1-3H3. The zero-order valence-electron chi connectivity index (χ0n) is 10.2. The van der Waals surface area contributed by atoms with Crippen molar-refractivity contribution in [3.05, 3.63) is 35.4 Å². The summed E-state index contributed by atoms with van der Waals surface area (Å²) in [6.07, 6.45) is 4.18. The van der Waals surface area contributed by atoms with Crippen LogP contribution in [0.4, 0.5) is 0 Å². The van der Waals surface area contributed by atoms with E-state index in [-0.39, 0.29) is 0 Å². The van der Waals surface area contributed by atoms with Crippen molar-refractivity contribution in [2.24, 2.45) is 11.8 Å².